The summed E-state index contributed by atoms with van der Waals surface area (Å²) in [5, 5.41) is 18.7. The highest BCUT2D eigenvalue weighted by Gasteiger charge is 2.06. The van der Waals surface area contributed by atoms with Crippen molar-refractivity contribution in [2.45, 2.75) is 277 Å². The van der Waals surface area contributed by atoms with Crippen LogP contribution in [0.2, 0.25) is 0 Å². The van der Waals surface area contributed by atoms with E-state index in [1.807, 2.05) is 278 Å². The summed E-state index contributed by atoms with van der Waals surface area (Å²) in [6, 6.07) is 93.3. The molecule has 21 aromatic rings. The molecule has 10 nitrogen and oxygen atoms in total. The van der Waals surface area contributed by atoms with Crippen LogP contribution in [0, 0.1) is 138 Å². The van der Waals surface area contributed by atoms with E-state index in [9.17, 15) is 0 Å². The standard InChI is InChI=1S/C16H14.7C11H11N.C10H10N2.C9H9NS.10C2H6/c1-11-3-5-13-10-16-8-12(2)4-6-14(16)9-15(13)7-11;1-8-3-6-11-10(7-8)5-4-9(2)12-11;1-8-5-10-3-4-12-7-11(10)6-9(8)2;1-8-3-4-10-5-9(2)7-12-11(10)6-8;1-8-3-4-10-6-9(2)12-7-11(10)5-8;1-8-3-4-11-10(5-8)6-9(2)7-12-11;1-8-6-10-4-3-5-12-11(10)7-9(8)2;1-8-7-10-5-3-4-6-11(10)12-9(8)2;1-7-9-5-3-4-6-10(9)12-8(2)11-7;1-6-3-4-8-9(5-6)11-7(2)10-8;10*1-2/h3-10H,1-2H3;7*3-7H,1-2H3;3-6H,1-2H3;3-5H,1-2H3;10*1-2H3. The van der Waals surface area contributed by atoms with Gasteiger partial charge in [-0.25, -0.2) is 15.0 Å². The molecule has 12 aromatic carbocycles. The first-order valence-corrected chi connectivity index (χ1v) is 52.6. The van der Waals surface area contributed by atoms with Crippen molar-refractivity contribution in [3.8, 4) is 0 Å². The summed E-state index contributed by atoms with van der Waals surface area (Å²) in [5.74, 6) is 0.839. The van der Waals surface area contributed by atoms with Crippen LogP contribution in [0.1, 0.15) is 250 Å². The summed E-state index contributed by atoms with van der Waals surface area (Å²) in [5.41, 5.74) is 29.9. The SMILES string of the molecule is CC.CC.CC.CC.CC.CC.CC.CC.CC.CC.Cc1cc2ccccc2nc1C.Cc1cc2cccnc2cc1C.Cc1cc2ccncc2cc1C.Cc1ccc2cc(C)ncc2c1.Cc1ccc2cc3cc(C)ccc3cc2c1.Cc1ccc2nc(C)ccc2c1.Cc1ccc2nc(C)sc2c1.Cc1ccc2ncc(C)cc2c1.Cc1cnc2cc(C)ccc2c1.Cc1nc(C)c2ccccc2n1. The zero-order valence-electron chi connectivity index (χ0n) is 94.7. The monoisotopic (exact) mass is 1930 g/mol. The molecule has 9 aromatic heterocycles. The number of hydrogen-bond acceptors (Lipinski definition) is 11. The Morgan fingerprint density at radius 3 is 1.14 bits per heavy atom. The molecule has 0 N–H and O–H groups in total. The largest absolute Gasteiger partial charge is 0.264 e. The molecule has 0 atom stereocenters. The number of aryl methyl sites for hydroxylation is 20. The first kappa shape index (κ1) is 125. The quantitative estimate of drug-likeness (QED) is 0.135. The number of para-hydroxylation sites is 2. The number of rotatable bonds is 0. The van der Waals surface area contributed by atoms with Crippen molar-refractivity contribution in [3.63, 3.8) is 0 Å². The maximum Gasteiger partial charge on any atom is 0.126 e. The number of aromatic nitrogens is 10. The lowest BCUT2D eigenvalue weighted by atomic mass is 10.0. The number of thiazole rings is 1. The van der Waals surface area contributed by atoms with Gasteiger partial charge in [0.05, 0.1) is 48.3 Å². The molecule has 9 heterocycles. The van der Waals surface area contributed by atoms with Gasteiger partial charge in [0.1, 0.15) is 5.82 Å². The molecule has 0 bridgehead atoms. The van der Waals surface area contributed by atoms with Crippen molar-refractivity contribution in [3.05, 3.63) is 416 Å². The minimum Gasteiger partial charge on any atom is -0.264 e. The maximum absolute atomic E-state index is 4.48. The second-order valence-electron chi connectivity index (χ2n) is 32.2. The molecule has 0 saturated heterocycles. The van der Waals surface area contributed by atoms with Gasteiger partial charge in [-0.2, -0.15) is 0 Å². The zero-order chi connectivity index (χ0) is 107. The highest BCUT2D eigenvalue weighted by molar-refractivity contribution is 7.18. The Hall–Kier alpha value is -13.7. The van der Waals surface area contributed by atoms with Gasteiger partial charge >= 0.3 is 0 Å². The Kier molecular flexibility index (Phi) is 60.6. The van der Waals surface area contributed by atoms with Gasteiger partial charge in [0.25, 0.3) is 0 Å². The van der Waals surface area contributed by atoms with E-state index >= 15 is 0 Å². The molecule has 0 fully saturated rings. The topological polar surface area (TPSA) is 129 Å². The van der Waals surface area contributed by atoms with Crippen LogP contribution in [-0.4, -0.2) is 49.8 Å². The summed E-state index contributed by atoms with van der Waals surface area (Å²) in [7, 11) is 0. The van der Waals surface area contributed by atoms with Crippen LogP contribution >= 0.6 is 11.3 Å². The summed E-state index contributed by atoms with van der Waals surface area (Å²) >= 11 is 1.76. The van der Waals surface area contributed by atoms with Gasteiger partial charge in [0.15, 0.2) is 0 Å². The van der Waals surface area contributed by atoms with Gasteiger partial charge in [-0.05, 0) is 354 Å². The average molecular weight is 1930 g/mol. The lowest BCUT2D eigenvalue weighted by molar-refractivity contribution is 1.05. The number of fused-ring (bicyclic) bond motifs is 11. The van der Waals surface area contributed by atoms with E-state index in [-0.39, 0.29) is 0 Å². The third-order valence-corrected chi connectivity index (χ3v) is 22.2. The third-order valence-electron chi connectivity index (χ3n) is 21.3. The Morgan fingerprint density at radius 1 is 0.182 bits per heavy atom. The second kappa shape index (κ2) is 69.2. The highest BCUT2D eigenvalue weighted by atomic mass is 32.1. The lowest BCUT2D eigenvalue weighted by Crippen LogP contribution is -1.92. The fourth-order valence-electron chi connectivity index (χ4n) is 14.2. The molecule has 0 aliphatic rings. The average Bonchev–Trinajstić information content (AvgIpc) is 1.27. The molecular formula is C132H170N10S. The van der Waals surface area contributed by atoms with E-state index in [1.165, 1.54) is 153 Å². The van der Waals surface area contributed by atoms with Crippen LogP contribution in [0.15, 0.2) is 304 Å². The van der Waals surface area contributed by atoms with Crippen molar-refractivity contribution >= 4 is 130 Å². The molecule has 11 heteroatoms. The lowest BCUT2D eigenvalue weighted by Gasteiger charge is -2.04. The van der Waals surface area contributed by atoms with E-state index in [0.29, 0.717) is 0 Å². The van der Waals surface area contributed by atoms with Crippen molar-refractivity contribution in [2.75, 3.05) is 0 Å². The van der Waals surface area contributed by atoms with E-state index in [0.717, 1.165) is 77.6 Å². The molecule has 0 amide bonds. The zero-order valence-corrected chi connectivity index (χ0v) is 95.6. The van der Waals surface area contributed by atoms with Gasteiger partial charge in [-0.3, -0.25) is 34.9 Å². The predicted molar refractivity (Wildman–Crippen MR) is 641 cm³/mol. The normalized spacial score (nSPS) is 9.54. The fourth-order valence-corrected chi connectivity index (χ4v) is 15.1. The van der Waals surface area contributed by atoms with Gasteiger partial charge in [0.2, 0.25) is 0 Å². The number of benzene rings is 12. The van der Waals surface area contributed by atoms with Crippen LogP contribution in [0.3, 0.4) is 0 Å². The minimum absolute atomic E-state index is 0.839. The van der Waals surface area contributed by atoms with Gasteiger partial charge in [0, 0.05) is 103 Å². The van der Waals surface area contributed by atoms with Crippen LogP contribution in [0.4, 0.5) is 0 Å². The molecule has 0 aliphatic carbocycles. The number of hydrogen-bond donors (Lipinski definition) is 0. The maximum atomic E-state index is 4.48. The number of nitrogens with zero attached hydrogens (tertiary/aromatic N) is 10. The van der Waals surface area contributed by atoms with Crippen LogP contribution in [0.5, 0.6) is 0 Å². The molecule has 0 spiro atoms. The Bertz CT molecular complexity index is 6550. The second-order valence-corrected chi connectivity index (χ2v) is 33.5. The Balaban J connectivity index is 0.000000527. The Morgan fingerprint density at radius 2 is 0.559 bits per heavy atom. The molecule has 21 rings (SSSR count). The van der Waals surface area contributed by atoms with Crippen molar-refractivity contribution in [2.24, 2.45) is 0 Å². The molecule has 0 radical (unpaired) electrons. The van der Waals surface area contributed by atoms with Gasteiger partial charge < -0.3 is 0 Å². The predicted octanol–water partition coefficient (Wildman–Crippen LogP) is 40.0. The van der Waals surface area contributed by atoms with Crippen molar-refractivity contribution < 1.29 is 0 Å². The fraction of sp³-hybridized carbons (Fsp3) is 0.303. The third kappa shape index (κ3) is 41.8. The summed E-state index contributed by atoms with van der Waals surface area (Å²) in [6.45, 7) is 81.5. The smallest absolute Gasteiger partial charge is 0.126 e. The van der Waals surface area contributed by atoms with Crippen LogP contribution in [0.25, 0.3) is 119 Å². The first-order chi connectivity index (χ1) is 69.1. The molecular weight excluding hydrogens is 1760 g/mol. The van der Waals surface area contributed by atoms with Gasteiger partial charge in [-0.1, -0.05) is 300 Å². The first-order valence-electron chi connectivity index (χ1n) is 51.8. The van der Waals surface area contributed by atoms with Crippen molar-refractivity contribution in [1.29, 1.82) is 0 Å². The van der Waals surface area contributed by atoms with Crippen LogP contribution < -0.4 is 0 Å². The molecule has 0 unspecified atom stereocenters. The molecule has 0 aliphatic heterocycles. The highest BCUT2D eigenvalue weighted by Crippen LogP contribution is 2.28. The van der Waals surface area contributed by atoms with Gasteiger partial charge in [-0.15, -0.1) is 11.3 Å². The van der Waals surface area contributed by atoms with Crippen molar-refractivity contribution in [1.82, 2.24) is 49.8 Å². The summed E-state index contributed by atoms with van der Waals surface area (Å²) in [4.78, 5) is 43.2. The minimum atomic E-state index is 0.839. The van der Waals surface area contributed by atoms with Crippen LogP contribution in [-0.2, 0) is 0 Å². The van der Waals surface area contributed by atoms with E-state index in [2.05, 4.69) is 353 Å². The number of pyridine rings is 7. The molecule has 143 heavy (non-hydrogen) atoms. The Labute approximate surface area is 866 Å². The molecule has 754 valence electrons. The van der Waals surface area contributed by atoms with E-state index in [1.54, 1.807) is 11.3 Å². The van der Waals surface area contributed by atoms with E-state index in [4.69, 9.17) is 0 Å². The summed E-state index contributed by atoms with van der Waals surface area (Å²) in [6.07, 6.45) is 11.3. The molecule has 0 saturated carbocycles. The van der Waals surface area contributed by atoms with E-state index < -0.39 is 0 Å². The summed E-state index contributed by atoms with van der Waals surface area (Å²) < 4.78 is 1.29.